The van der Waals surface area contributed by atoms with Crippen LogP contribution in [0.4, 0.5) is 0 Å². The molecule has 13 heavy (non-hydrogen) atoms. The summed E-state index contributed by atoms with van der Waals surface area (Å²) in [7, 11) is 0. The molecule has 0 radical (unpaired) electrons. The highest BCUT2D eigenvalue weighted by Crippen LogP contribution is 2.26. The Morgan fingerprint density at radius 2 is 1.92 bits per heavy atom. The average molecular weight is 291 g/mol. The van der Waals surface area contributed by atoms with Crippen molar-refractivity contribution in [1.29, 1.82) is 0 Å². The number of halogens is 1. The molecule has 1 saturated carbocycles. The van der Waals surface area contributed by atoms with Gasteiger partial charge in [0.05, 0.1) is 6.04 Å². The summed E-state index contributed by atoms with van der Waals surface area (Å²) in [5, 5.41) is 4.37. The van der Waals surface area contributed by atoms with E-state index < -0.39 is 0 Å². The van der Waals surface area contributed by atoms with Crippen molar-refractivity contribution < 1.29 is 0 Å². The van der Waals surface area contributed by atoms with Gasteiger partial charge >= 0.3 is 0 Å². The summed E-state index contributed by atoms with van der Waals surface area (Å²) in [6.45, 7) is 0. The maximum Gasteiger partial charge on any atom is 0.211 e. The van der Waals surface area contributed by atoms with Crippen molar-refractivity contribution in [2.24, 2.45) is 0 Å². The highest BCUT2D eigenvalue weighted by Gasteiger charge is 2.14. The fourth-order valence-electron chi connectivity index (χ4n) is 1.95. The van der Waals surface area contributed by atoms with E-state index in [1.165, 1.54) is 38.5 Å². The minimum absolute atomic E-state index is 0.610. The average Bonchev–Trinajstić information content (AvgIpc) is 2.43. The zero-order chi connectivity index (χ0) is 9.10. The Kier molecular flexibility index (Phi) is 3.18. The molecular formula is C9H14IN3. The number of hydrogen-bond acceptors (Lipinski definition) is 2. The van der Waals surface area contributed by atoms with Gasteiger partial charge in [0, 0.05) is 22.6 Å². The van der Waals surface area contributed by atoms with E-state index in [2.05, 4.69) is 32.7 Å². The summed E-state index contributed by atoms with van der Waals surface area (Å²) in [6, 6.07) is 0.610. The Labute approximate surface area is 92.1 Å². The fourth-order valence-corrected chi connectivity index (χ4v) is 2.33. The molecule has 1 aromatic rings. The van der Waals surface area contributed by atoms with Gasteiger partial charge in [0.2, 0.25) is 3.83 Å². The first-order valence-electron chi connectivity index (χ1n) is 4.93. The molecule has 1 fully saturated rings. The molecule has 0 saturated heterocycles. The molecule has 1 aromatic heterocycles. The van der Waals surface area contributed by atoms with Gasteiger partial charge in [-0.05, 0) is 12.8 Å². The van der Waals surface area contributed by atoms with Gasteiger partial charge in [0.1, 0.15) is 6.33 Å². The maximum absolute atomic E-state index is 4.37. The molecule has 1 aliphatic carbocycles. The van der Waals surface area contributed by atoms with E-state index in [1.807, 2.05) is 11.0 Å². The molecule has 0 aromatic carbocycles. The third-order valence-corrected chi connectivity index (χ3v) is 3.17. The van der Waals surface area contributed by atoms with Crippen molar-refractivity contribution in [2.45, 2.75) is 44.6 Å². The monoisotopic (exact) mass is 291 g/mol. The van der Waals surface area contributed by atoms with Crippen LogP contribution in [0.3, 0.4) is 0 Å². The zero-order valence-corrected chi connectivity index (χ0v) is 9.77. The minimum Gasteiger partial charge on any atom is -0.249 e. The van der Waals surface area contributed by atoms with Crippen molar-refractivity contribution in [3.05, 3.63) is 10.2 Å². The lowest BCUT2D eigenvalue weighted by molar-refractivity contribution is 0.403. The molecule has 4 heteroatoms. The molecular weight excluding hydrogens is 277 g/mol. The summed E-state index contributed by atoms with van der Waals surface area (Å²) in [5.41, 5.74) is 0. The molecule has 2 rings (SSSR count). The van der Waals surface area contributed by atoms with Crippen molar-refractivity contribution in [3.63, 3.8) is 0 Å². The first kappa shape index (κ1) is 9.43. The van der Waals surface area contributed by atoms with E-state index in [0.717, 1.165) is 3.83 Å². The summed E-state index contributed by atoms with van der Waals surface area (Å²) in [4.78, 5) is 4.16. The van der Waals surface area contributed by atoms with Gasteiger partial charge in [-0.25, -0.2) is 9.67 Å². The second-order valence-electron chi connectivity index (χ2n) is 3.64. The maximum atomic E-state index is 4.37. The first-order valence-corrected chi connectivity index (χ1v) is 6.01. The van der Waals surface area contributed by atoms with Gasteiger partial charge < -0.3 is 0 Å². The largest absolute Gasteiger partial charge is 0.249 e. The van der Waals surface area contributed by atoms with Crippen LogP contribution in [0.25, 0.3) is 0 Å². The number of aromatic nitrogens is 3. The van der Waals surface area contributed by atoms with Crippen LogP contribution in [0.1, 0.15) is 44.6 Å². The van der Waals surface area contributed by atoms with Crippen molar-refractivity contribution >= 4 is 22.6 Å². The SMILES string of the molecule is Ic1ncn(C2CCCCCC2)n1. The van der Waals surface area contributed by atoms with Crippen molar-refractivity contribution in [1.82, 2.24) is 14.8 Å². The van der Waals surface area contributed by atoms with E-state index >= 15 is 0 Å². The van der Waals surface area contributed by atoms with Gasteiger partial charge in [-0.1, -0.05) is 25.7 Å². The number of hydrogen-bond donors (Lipinski definition) is 0. The van der Waals surface area contributed by atoms with E-state index in [-0.39, 0.29) is 0 Å². The molecule has 0 unspecified atom stereocenters. The molecule has 1 aliphatic rings. The Balaban J connectivity index is 2.06. The minimum atomic E-state index is 0.610. The Bertz CT molecular complexity index is 264. The Morgan fingerprint density at radius 3 is 2.46 bits per heavy atom. The number of nitrogens with zero attached hydrogens (tertiary/aromatic N) is 3. The van der Waals surface area contributed by atoms with Crippen LogP contribution >= 0.6 is 22.6 Å². The number of rotatable bonds is 1. The van der Waals surface area contributed by atoms with E-state index in [4.69, 9.17) is 0 Å². The summed E-state index contributed by atoms with van der Waals surface area (Å²) in [6.07, 6.45) is 9.91. The van der Waals surface area contributed by atoms with Crippen LogP contribution in [0, 0.1) is 3.83 Å². The third-order valence-electron chi connectivity index (χ3n) is 2.68. The van der Waals surface area contributed by atoms with Crippen LogP contribution in [-0.2, 0) is 0 Å². The summed E-state index contributed by atoms with van der Waals surface area (Å²) in [5.74, 6) is 0. The lowest BCUT2D eigenvalue weighted by Gasteiger charge is -2.12. The molecule has 3 nitrogen and oxygen atoms in total. The highest BCUT2D eigenvalue weighted by molar-refractivity contribution is 14.1. The lowest BCUT2D eigenvalue weighted by Crippen LogP contribution is -2.08. The van der Waals surface area contributed by atoms with Crippen LogP contribution in [0.2, 0.25) is 0 Å². The summed E-state index contributed by atoms with van der Waals surface area (Å²) >= 11 is 2.16. The first-order chi connectivity index (χ1) is 6.36. The second kappa shape index (κ2) is 4.39. The fraction of sp³-hybridized carbons (Fsp3) is 0.778. The topological polar surface area (TPSA) is 30.7 Å². The van der Waals surface area contributed by atoms with E-state index in [1.54, 1.807) is 0 Å². The molecule has 0 amide bonds. The molecule has 0 atom stereocenters. The van der Waals surface area contributed by atoms with Crippen LogP contribution in [0.15, 0.2) is 6.33 Å². The van der Waals surface area contributed by atoms with Gasteiger partial charge in [-0.2, -0.15) is 0 Å². The van der Waals surface area contributed by atoms with Gasteiger partial charge in [-0.3, -0.25) is 0 Å². The highest BCUT2D eigenvalue weighted by atomic mass is 127. The van der Waals surface area contributed by atoms with Crippen LogP contribution in [0.5, 0.6) is 0 Å². The zero-order valence-electron chi connectivity index (χ0n) is 7.62. The third kappa shape index (κ3) is 2.42. The van der Waals surface area contributed by atoms with Crippen LogP contribution in [-0.4, -0.2) is 14.8 Å². The molecule has 1 heterocycles. The van der Waals surface area contributed by atoms with Crippen LogP contribution < -0.4 is 0 Å². The molecule has 0 spiro atoms. The van der Waals surface area contributed by atoms with Gasteiger partial charge in [-0.15, -0.1) is 5.10 Å². The van der Waals surface area contributed by atoms with Crippen molar-refractivity contribution in [3.8, 4) is 0 Å². The second-order valence-corrected chi connectivity index (χ2v) is 4.60. The van der Waals surface area contributed by atoms with Gasteiger partial charge in [0.15, 0.2) is 0 Å². The molecule has 0 aliphatic heterocycles. The lowest BCUT2D eigenvalue weighted by atomic mass is 10.1. The smallest absolute Gasteiger partial charge is 0.211 e. The predicted molar refractivity (Wildman–Crippen MR) is 59.5 cm³/mol. The van der Waals surface area contributed by atoms with Crippen molar-refractivity contribution in [2.75, 3.05) is 0 Å². The standard InChI is InChI=1S/C9H14IN3/c10-9-11-7-13(12-9)8-5-3-1-2-4-6-8/h7-8H,1-6H2. The van der Waals surface area contributed by atoms with Gasteiger partial charge in [0.25, 0.3) is 0 Å². The van der Waals surface area contributed by atoms with E-state index in [0.29, 0.717) is 6.04 Å². The normalized spacial score (nSPS) is 20.1. The Morgan fingerprint density at radius 1 is 1.23 bits per heavy atom. The molecule has 0 bridgehead atoms. The quantitative estimate of drug-likeness (QED) is 0.588. The molecule has 0 N–H and O–H groups in total. The summed E-state index contributed by atoms with van der Waals surface area (Å²) < 4.78 is 2.91. The van der Waals surface area contributed by atoms with E-state index in [9.17, 15) is 0 Å². The molecule has 72 valence electrons. The Hall–Kier alpha value is -0.130. The predicted octanol–water partition coefficient (Wildman–Crippen LogP) is 2.78.